The van der Waals surface area contributed by atoms with Gasteiger partial charge in [-0.1, -0.05) is 42.5 Å². The maximum Gasteiger partial charge on any atom is 0.147 e. The lowest BCUT2D eigenvalue weighted by molar-refractivity contribution is 0.280. The second-order valence-electron chi connectivity index (χ2n) is 7.84. The quantitative estimate of drug-likeness (QED) is 0.255. The number of rotatable bonds is 9. The van der Waals surface area contributed by atoms with Gasteiger partial charge in [-0.25, -0.2) is 4.98 Å². The van der Waals surface area contributed by atoms with Gasteiger partial charge in [0, 0.05) is 6.54 Å². The van der Waals surface area contributed by atoms with Crippen molar-refractivity contribution in [1.82, 2.24) is 9.55 Å². The van der Waals surface area contributed by atoms with Crippen LogP contribution in [0.2, 0.25) is 0 Å². The lowest BCUT2D eigenvalue weighted by Crippen LogP contribution is -2.10. The van der Waals surface area contributed by atoms with Crippen molar-refractivity contribution in [3.05, 3.63) is 96.8 Å². The van der Waals surface area contributed by atoms with Crippen LogP contribution < -0.4 is 14.2 Å². The van der Waals surface area contributed by atoms with Gasteiger partial charge in [0.1, 0.15) is 29.7 Å². The lowest BCUT2D eigenvalue weighted by Gasteiger charge is -2.12. The van der Waals surface area contributed by atoms with Gasteiger partial charge in [0.25, 0.3) is 0 Å². The second-order valence-corrected chi connectivity index (χ2v) is 7.84. The Balaban J connectivity index is 1.25. The van der Waals surface area contributed by atoms with Crippen LogP contribution in [0.1, 0.15) is 12.2 Å². The van der Waals surface area contributed by atoms with Crippen LogP contribution in [0.15, 0.2) is 91.0 Å². The molecule has 5 rings (SSSR count). The van der Waals surface area contributed by atoms with Crippen LogP contribution in [0, 0.1) is 0 Å². The molecule has 0 aliphatic carbocycles. The van der Waals surface area contributed by atoms with Crippen LogP contribution in [-0.2, 0) is 13.2 Å². The molecule has 0 fully saturated rings. The van der Waals surface area contributed by atoms with E-state index in [4.69, 9.17) is 19.2 Å². The van der Waals surface area contributed by atoms with Crippen molar-refractivity contribution in [2.24, 2.45) is 0 Å². The van der Waals surface area contributed by atoms with Crippen molar-refractivity contribution in [2.45, 2.75) is 19.6 Å². The zero-order valence-corrected chi connectivity index (χ0v) is 18.6. The number of fused-ring (bicyclic) bond motifs is 2. The summed E-state index contributed by atoms with van der Waals surface area (Å²) in [6.45, 7) is 1.82. The third kappa shape index (κ3) is 4.77. The Morgan fingerprint density at radius 3 is 2.30 bits per heavy atom. The van der Waals surface area contributed by atoms with E-state index in [0.717, 1.165) is 47.1 Å². The number of hydrogen-bond donors (Lipinski definition) is 0. The van der Waals surface area contributed by atoms with Crippen molar-refractivity contribution in [3.8, 4) is 17.2 Å². The first-order chi connectivity index (χ1) is 16.3. The Hall–Kier alpha value is -3.99. The minimum absolute atomic E-state index is 0.395. The molecule has 5 heteroatoms. The molecule has 0 atom stereocenters. The molecule has 5 nitrogen and oxygen atoms in total. The number of aromatic nitrogens is 2. The summed E-state index contributed by atoms with van der Waals surface area (Å²) < 4.78 is 19.5. The third-order valence-corrected chi connectivity index (χ3v) is 5.68. The largest absolute Gasteiger partial charge is 0.497 e. The molecule has 0 unspecified atom stereocenters. The molecule has 33 heavy (non-hydrogen) atoms. The molecule has 5 aromatic rings. The first kappa shape index (κ1) is 20.9. The van der Waals surface area contributed by atoms with Crippen molar-refractivity contribution >= 4 is 21.8 Å². The number of ether oxygens (including phenoxy) is 3. The number of aryl methyl sites for hydroxylation is 1. The van der Waals surface area contributed by atoms with Gasteiger partial charge in [-0.2, -0.15) is 0 Å². The molecule has 4 aromatic carbocycles. The maximum atomic E-state index is 6.04. The molecule has 1 heterocycles. The number of nitrogens with zero attached hydrogens (tertiary/aromatic N) is 2. The topological polar surface area (TPSA) is 45.5 Å². The third-order valence-electron chi connectivity index (χ3n) is 5.68. The molecular weight excluding hydrogens is 412 g/mol. The summed E-state index contributed by atoms with van der Waals surface area (Å²) in [7, 11) is 1.65. The average molecular weight is 439 g/mol. The Labute approximate surface area is 193 Å². The first-order valence-corrected chi connectivity index (χ1v) is 11.1. The highest BCUT2D eigenvalue weighted by Gasteiger charge is 2.11. The molecule has 0 saturated heterocycles. The maximum absolute atomic E-state index is 6.04. The number of benzene rings is 4. The van der Waals surface area contributed by atoms with Crippen molar-refractivity contribution < 1.29 is 14.2 Å². The highest BCUT2D eigenvalue weighted by molar-refractivity contribution is 5.83. The van der Waals surface area contributed by atoms with Gasteiger partial charge in [0.05, 0.1) is 24.8 Å². The van der Waals surface area contributed by atoms with E-state index < -0.39 is 0 Å². The van der Waals surface area contributed by atoms with Crippen LogP contribution in [0.4, 0.5) is 0 Å². The van der Waals surface area contributed by atoms with E-state index in [-0.39, 0.29) is 0 Å². The van der Waals surface area contributed by atoms with Gasteiger partial charge >= 0.3 is 0 Å². The van der Waals surface area contributed by atoms with E-state index in [0.29, 0.717) is 13.2 Å². The summed E-state index contributed by atoms with van der Waals surface area (Å²) in [5.41, 5.74) is 2.08. The fourth-order valence-electron chi connectivity index (χ4n) is 3.97. The molecule has 0 amide bonds. The Morgan fingerprint density at radius 2 is 1.45 bits per heavy atom. The SMILES string of the molecule is COc1ccc(OCc2nc3ccccc3n2CCCOc2ccc3ccccc3c2)cc1. The van der Waals surface area contributed by atoms with Crippen LogP contribution in [0.5, 0.6) is 17.2 Å². The van der Waals surface area contributed by atoms with E-state index in [1.54, 1.807) is 7.11 Å². The molecule has 1 aromatic heterocycles. The molecule has 0 radical (unpaired) electrons. The zero-order chi connectivity index (χ0) is 22.5. The van der Waals surface area contributed by atoms with E-state index in [1.165, 1.54) is 10.8 Å². The minimum atomic E-state index is 0.395. The normalized spacial score (nSPS) is 11.1. The van der Waals surface area contributed by atoms with Crippen LogP contribution in [0.3, 0.4) is 0 Å². The number of imidazole rings is 1. The van der Waals surface area contributed by atoms with E-state index in [1.807, 2.05) is 60.7 Å². The van der Waals surface area contributed by atoms with Crippen molar-refractivity contribution in [1.29, 1.82) is 0 Å². The standard InChI is InChI=1S/C28H26N2O3/c1-31-23-13-15-24(16-14-23)33-20-28-29-26-9-4-5-10-27(26)30(28)17-6-18-32-25-12-11-21-7-2-3-8-22(21)19-25/h2-5,7-16,19H,6,17-18,20H2,1H3. The number of methoxy groups -OCH3 is 1. The first-order valence-electron chi connectivity index (χ1n) is 11.1. The smallest absolute Gasteiger partial charge is 0.147 e. The van der Waals surface area contributed by atoms with Gasteiger partial charge in [-0.3, -0.25) is 0 Å². The van der Waals surface area contributed by atoms with Gasteiger partial charge in [0.15, 0.2) is 0 Å². The summed E-state index contributed by atoms with van der Waals surface area (Å²) in [6, 6.07) is 30.3. The summed E-state index contributed by atoms with van der Waals surface area (Å²) >= 11 is 0. The highest BCUT2D eigenvalue weighted by Crippen LogP contribution is 2.22. The van der Waals surface area contributed by atoms with E-state index in [2.05, 4.69) is 34.9 Å². The summed E-state index contributed by atoms with van der Waals surface area (Å²) in [5, 5.41) is 2.41. The fourth-order valence-corrected chi connectivity index (χ4v) is 3.97. The number of para-hydroxylation sites is 2. The summed E-state index contributed by atoms with van der Waals surface area (Å²) in [6.07, 6.45) is 0.864. The molecule has 166 valence electrons. The molecular formula is C28H26N2O3. The zero-order valence-electron chi connectivity index (χ0n) is 18.6. The second kappa shape index (κ2) is 9.65. The van der Waals surface area contributed by atoms with E-state index >= 15 is 0 Å². The molecule has 0 spiro atoms. The molecule has 0 aliphatic rings. The average Bonchev–Trinajstić information content (AvgIpc) is 3.23. The molecule has 0 aliphatic heterocycles. The summed E-state index contributed by atoms with van der Waals surface area (Å²) in [5.74, 6) is 3.39. The molecule has 0 N–H and O–H groups in total. The Bertz CT molecular complexity index is 1360. The van der Waals surface area contributed by atoms with Gasteiger partial charge in [0.2, 0.25) is 0 Å². The highest BCUT2D eigenvalue weighted by atomic mass is 16.5. The summed E-state index contributed by atoms with van der Waals surface area (Å²) in [4.78, 5) is 4.80. The minimum Gasteiger partial charge on any atom is -0.497 e. The monoisotopic (exact) mass is 438 g/mol. The van der Waals surface area contributed by atoms with E-state index in [9.17, 15) is 0 Å². The Kier molecular flexibility index (Phi) is 6.11. The van der Waals surface area contributed by atoms with Crippen molar-refractivity contribution in [3.63, 3.8) is 0 Å². The fraction of sp³-hybridized carbons (Fsp3) is 0.179. The molecule has 0 bridgehead atoms. The predicted octanol–water partition coefficient (Wildman–Crippen LogP) is 6.25. The van der Waals surface area contributed by atoms with Gasteiger partial charge in [-0.15, -0.1) is 0 Å². The Morgan fingerprint density at radius 1 is 0.727 bits per heavy atom. The van der Waals surface area contributed by atoms with Gasteiger partial charge < -0.3 is 18.8 Å². The predicted molar refractivity (Wildman–Crippen MR) is 131 cm³/mol. The lowest BCUT2D eigenvalue weighted by atomic mass is 10.1. The number of hydrogen-bond acceptors (Lipinski definition) is 4. The van der Waals surface area contributed by atoms with Crippen molar-refractivity contribution in [2.75, 3.05) is 13.7 Å². The molecule has 0 saturated carbocycles. The van der Waals surface area contributed by atoms with Gasteiger partial charge in [-0.05, 0) is 65.7 Å². The van der Waals surface area contributed by atoms with Crippen LogP contribution in [-0.4, -0.2) is 23.3 Å². The van der Waals surface area contributed by atoms with Crippen LogP contribution >= 0.6 is 0 Å². The van der Waals surface area contributed by atoms with Crippen LogP contribution in [0.25, 0.3) is 21.8 Å².